The third-order valence-electron chi connectivity index (χ3n) is 3.71. The molecule has 0 bridgehead atoms. The zero-order valence-electron chi connectivity index (χ0n) is 13.5. The van der Waals surface area contributed by atoms with E-state index in [0.717, 1.165) is 52.1 Å². The Kier molecular flexibility index (Phi) is 8.55. The predicted molar refractivity (Wildman–Crippen MR) is 83.2 cm³/mol. The van der Waals surface area contributed by atoms with E-state index in [1.807, 2.05) is 0 Å². The number of aliphatic imine (C=N–C) groups is 1. The highest BCUT2D eigenvalue weighted by Gasteiger charge is 2.26. The summed E-state index contributed by atoms with van der Waals surface area (Å²) in [5, 5.41) is 5.72. The molecule has 1 fully saturated rings. The lowest BCUT2D eigenvalue weighted by molar-refractivity contribution is -0.132. The second kappa shape index (κ2) is 9.89. The first kappa shape index (κ1) is 19.0. The Morgan fingerprint density at radius 3 is 2.27 bits per heavy atom. The van der Waals surface area contributed by atoms with E-state index < -0.39 is 12.6 Å². The zero-order valence-corrected chi connectivity index (χ0v) is 13.5. The molecule has 0 radical (unpaired) electrons. The molecule has 22 heavy (non-hydrogen) atoms. The fourth-order valence-corrected chi connectivity index (χ4v) is 2.28. The van der Waals surface area contributed by atoms with Gasteiger partial charge in [0.05, 0.1) is 6.42 Å². The SMILES string of the molecule is CN=C(NCCCCN1CCN(C)CC1)NCCC(F)(F)F. The minimum atomic E-state index is -4.13. The van der Waals surface area contributed by atoms with Crippen molar-refractivity contribution in [2.75, 3.05) is 59.9 Å². The summed E-state index contributed by atoms with van der Waals surface area (Å²) in [6.45, 7) is 6.12. The van der Waals surface area contributed by atoms with Crippen LogP contribution in [0.3, 0.4) is 0 Å². The molecule has 0 atom stereocenters. The lowest BCUT2D eigenvalue weighted by Crippen LogP contribution is -2.44. The number of hydrogen-bond acceptors (Lipinski definition) is 3. The summed E-state index contributed by atoms with van der Waals surface area (Å²) in [5.74, 6) is 0.434. The van der Waals surface area contributed by atoms with Gasteiger partial charge in [0.1, 0.15) is 0 Å². The standard InChI is InChI=1S/C14H28F3N5/c1-18-13(20-7-5-14(15,16)17)19-6-3-4-8-22-11-9-21(2)10-12-22/h3-12H2,1-2H3,(H2,18,19,20). The molecule has 1 aliphatic heterocycles. The summed E-state index contributed by atoms with van der Waals surface area (Å²) in [5.41, 5.74) is 0. The topological polar surface area (TPSA) is 42.9 Å². The molecule has 130 valence electrons. The summed E-state index contributed by atoms with van der Waals surface area (Å²) in [4.78, 5) is 8.70. The van der Waals surface area contributed by atoms with E-state index in [9.17, 15) is 13.2 Å². The van der Waals surface area contributed by atoms with Gasteiger partial charge in [-0.1, -0.05) is 0 Å². The van der Waals surface area contributed by atoms with E-state index in [2.05, 4.69) is 32.5 Å². The first-order chi connectivity index (χ1) is 10.4. The van der Waals surface area contributed by atoms with Crippen molar-refractivity contribution in [2.45, 2.75) is 25.4 Å². The molecule has 0 saturated carbocycles. The molecule has 0 spiro atoms. The molecule has 1 rings (SSSR count). The average molecular weight is 323 g/mol. The fraction of sp³-hybridized carbons (Fsp3) is 0.929. The smallest absolute Gasteiger partial charge is 0.356 e. The Morgan fingerprint density at radius 1 is 1.05 bits per heavy atom. The lowest BCUT2D eigenvalue weighted by atomic mass is 10.2. The molecular formula is C14H28F3N5. The van der Waals surface area contributed by atoms with Crippen LogP contribution >= 0.6 is 0 Å². The molecule has 1 aliphatic rings. The number of alkyl halides is 3. The molecule has 8 heteroatoms. The van der Waals surface area contributed by atoms with Crippen LogP contribution in [-0.2, 0) is 0 Å². The van der Waals surface area contributed by atoms with Gasteiger partial charge in [-0.3, -0.25) is 4.99 Å². The highest BCUT2D eigenvalue weighted by atomic mass is 19.4. The van der Waals surface area contributed by atoms with Crippen LogP contribution in [0.25, 0.3) is 0 Å². The maximum Gasteiger partial charge on any atom is 0.390 e. The van der Waals surface area contributed by atoms with Crippen molar-refractivity contribution in [2.24, 2.45) is 4.99 Å². The summed E-state index contributed by atoms with van der Waals surface area (Å²) < 4.78 is 36.2. The van der Waals surface area contributed by atoms with E-state index >= 15 is 0 Å². The molecule has 0 aromatic carbocycles. The van der Waals surface area contributed by atoms with Crippen LogP contribution in [0.4, 0.5) is 13.2 Å². The number of likely N-dealkylation sites (N-methyl/N-ethyl adjacent to an activating group) is 1. The van der Waals surface area contributed by atoms with Crippen molar-refractivity contribution < 1.29 is 13.2 Å². The number of guanidine groups is 1. The van der Waals surface area contributed by atoms with E-state index in [0.29, 0.717) is 5.96 Å². The molecule has 0 amide bonds. The van der Waals surface area contributed by atoms with Gasteiger partial charge in [0, 0.05) is 46.3 Å². The summed E-state index contributed by atoms with van der Waals surface area (Å²) in [6.07, 6.45) is -2.92. The second-order valence-corrected chi connectivity index (χ2v) is 5.64. The van der Waals surface area contributed by atoms with E-state index in [1.54, 1.807) is 7.05 Å². The van der Waals surface area contributed by atoms with Gasteiger partial charge in [0.15, 0.2) is 5.96 Å². The lowest BCUT2D eigenvalue weighted by Gasteiger charge is -2.32. The Morgan fingerprint density at radius 2 is 1.68 bits per heavy atom. The van der Waals surface area contributed by atoms with Crippen molar-refractivity contribution in [3.05, 3.63) is 0 Å². The van der Waals surface area contributed by atoms with Crippen LogP contribution in [0.2, 0.25) is 0 Å². The number of halogens is 3. The molecule has 0 aromatic rings. The van der Waals surface area contributed by atoms with Gasteiger partial charge in [-0.2, -0.15) is 13.2 Å². The van der Waals surface area contributed by atoms with Crippen LogP contribution in [0.5, 0.6) is 0 Å². The van der Waals surface area contributed by atoms with Crippen molar-refractivity contribution in [3.63, 3.8) is 0 Å². The fourth-order valence-electron chi connectivity index (χ4n) is 2.28. The molecular weight excluding hydrogens is 295 g/mol. The molecule has 2 N–H and O–H groups in total. The zero-order chi connectivity index (χ0) is 16.4. The second-order valence-electron chi connectivity index (χ2n) is 5.64. The van der Waals surface area contributed by atoms with Gasteiger partial charge in [0.25, 0.3) is 0 Å². The third kappa shape index (κ3) is 9.09. The Labute approximate surface area is 130 Å². The normalized spacial score (nSPS) is 18.5. The number of unbranched alkanes of at least 4 members (excludes halogenated alkanes) is 1. The van der Waals surface area contributed by atoms with Crippen molar-refractivity contribution >= 4 is 5.96 Å². The molecule has 0 aliphatic carbocycles. The average Bonchev–Trinajstić information content (AvgIpc) is 2.45. The maximum absolute atomic E-state index is 12.1. The van der Waals surface area contributed by atoms with Crippen LogP contribution in [0.1, 0.15) is 19.3 Å². The van der Waals surface area contributed by atoms with Crippen molar-refractivity contribution in [3.8, 4) is 0 Å². The predicted octanol–water partition coefficient (Wildman–Crippen LogP) is 1.13. The van der Waals surface area contributed by atoms with Gasteiger partial charge >= 0.3 is 6.18 Å². The quantitative estimate of drug-likeness (QED) is 0.419. The highest BCUT2D eigenvalue weighted by Crippen LogP contribution is 2.17. The molecule has 5 nitrogen and oxygen atoms in total. The van der Waals surface area contributed by atoms with Crippen molar-refractivity contribution in [1.82, 2.24) is 20.4 Å². The van der Waals surface area contributed by atoms with Gasteiger partial charge < -0.3 is 20.4 Å². The van der Waals surface area contributed by atoms with Crippen LogP contribution in [0.15, 0.2) is 4.99 Å². The van der Waals surface area contributed by atoms with E-state index in [4.69, 9.17) is 0 Å². The molecule has 0 unspecified atom stereocenters. The minimum absolute atomic E-state index is 0.148. The molecule has 1 heterocycles. The summed E-state index contributed by atoms with van der Waals surface area (Å²) in [6, 6.07) is 0. The Hall–Kier alpha value is -1.02. The van der Waals surface area contributed by atoms with Crippen molar-refractivity contribution in [1.29, 1.82) is 0 Å². The minimum Gasteiger partial charge on any atom is -0.356 e. The van der Waals surface area contributed by atoms with Crippen LogP contribution in [-0.4, -0.2) is 81.8 Å². The van der Waals surface area contributed by atoms with E-state index in [1.165, 1.54) is 0 Å². The largest absolute Gasteiger partial charge is 0.390 e. The number of piperazine rings is 1. The Balaban J connectivity index is 2.02. The first-order valence-electron chi connectivity index (χ1n) is 7.83. The number of nitrogens with one attached hydrogen (secondary N) is 2. The van der Waals surface area contributed by atoms with Gasteiger partial charge in [-0.15, -0.1) is 0 Å². The monoisotopic (exact) mass is 323 g/mol. The number of hydrogen-bond donors (Lipinski definition) is 2. The highest BCUT2D eigenvalue weighted by molar-refractivity contribution is 5.79. The number of rotatable bonds is 7. The third-order valence-corrected chi connectivity index (χ3v) is 3.71. The van der Waals surface area contributed by atoms with Gasteiger partial charge in [-0.05, 0) is 26.4 Å². The Bertz CT molecular complexity index is 325. The number of nitrogens with zero attached hydrogens (tertiary/aromatic N) is 3. The van der Waals surface area contributed by atoms with Gasteiger partial charge in [0.2, 0.25) is 0 Å². The van der Waals surface area contributed by atoms with E-state index in [-0.39, 0.29) is 6.54 Å². The van der Waals surface area contributed by atoms with Crippen LogP contribution < -0.4 is 10.6 Å². The summed E-state index contributed by atoms with van der Waals surface area (Å²) >= 11 is 0. The maximum atomic E-state index is 12.1. The molecule has 0 aromatic heterocycles. The van der Waals surface area contributed by atoms with Crippen LogP contribution in [0, 0.1) is 0 Å². The first-order valence-corrected chi connectivity index (χ1v) is 7.83. The molecule has 1 saturated heterocycles. The summed E-state index contributed by atoms with van der Waals surface area (Å²) in [7, 11) is 3.70. The van der Waals surface area contributed by atoms with Gasteiger partial charge in [-0.25, -0.2) is 0 Å².